The SMILES string of the molecule is CC(C)(C)C(NC(=O)C1(N)CCC1)C(=O)O. The van der Waals surface area contributed by atoms with E-state index in [0.29, 0.717) is 12.8 Å². The number of carbonyl (C=O) groups excluding carboxylic acids is 1. The minimum absolute atomic E-state index is 0.346. The second kappa shape index (κ2) is 4.05. The Balaban J connectivity index is 2.69. The van der Waals surface area contributed by atoms with E-state index < -0.39 is 23.0 Å². The van der Waals surface area contributed by atoms with Gasteiger partial charge in [0.25, 0.3) is 0 Å². The van der Waals surface area contributed by atoms with Crippen molar-refractivity contribution in [3.05, 3.63) is 0 Å². The van der Waals surface area contributed by atoms with Crippen molar-refractivity contribution in [2.75, 3.05) is 0 Å². The maximum Gasteiger partial charge on any atom is 0.326 e. The zero-order valence-electron chi connectivity index (χ0n) is 10.0. The van der Waals surface area contributed by atoms with Gasteiger partial charge in [-0.3, -0.25) is 4.79 Å². The molecule has 0 aromatic carbocycles. The van der Waals surface area contributed by atoms with Crippen molar-refractivity contribution in [2.45, 2.75) is 51.6 Å². The Labute approximate surface area is 95.4 Å². The Bertz CT molecular complexity index is 303. The molecular weight excluding hydrogens is 208 g/mol. The molecule has 16 heavy (non-hydrogen) atoms. The molecule has 0 aromatic heterocycles. The van der Waals surface area contributed by atoms with Crippen molar-refractivity contribution < 1.29 is 14.7 Å². The number of amides is 1. The monoisotopic (exact) mass is 228 g/mol. The van der Waals surface area contributed by atoms with E-state index in [0.717, 1.165) is 6.42 Å². The number of carboxylic acid groups (broad SMARTS) is 1. The number of nitrogens with two attached hydrogens (primary N) is 1. The molecule has 0 heterocycles. The minimum Gasteiger partial charge on any atom is -0.480 e. The predicted molar refractivity (Wildman–Crippen MR) is 59.8 cm³/mol. The van der Waals surface area contributed by atoms with Crippen molar-refractivity contribution in [2.24, 2.45) is 11.1 Å². The molecule has 0 spiro atoms. The van der Waals surface area contributed by atoms with E-state index in [-0.39, 0.29) is 5.91 Å². The van der Waals surface area contributed by atoms with E-state index in [9.17, 15) is 9.59 Å². The Kier molecular flexibility index (Phi) is 3.28. The lowest BCUT2D eigenvalue weighted by Crippen LogP contribution is -2.62. The standard InChI is InChI=1S/C11H20N2O3/c1-10(2,3)7(8(14)15)13-9(16)11(12)5-4-6-11/h7H,4-6,12H2,1-3H3,(H,13,16)(H,14,15). The summed E-state index contributed by atoms with van der Waals surface area (Å²) in [4.78, 5) is 22.9. The molecule has 4 N–H and O–H groups in total. The summed E-state index contributed by atoms with van der Waals surface area (Å²) in [5.74, 6) is -1.37. The Morgan fingerprint density at radius 1 is 1.38 bits per heavy atom. The highest BCUT2D eigenvalue weighted by Crippen LogP contribution is 2.30. The van der Waals surface area contributed by atoms with E-state index >= 15 is 0 Å². The zero-order chi connectivity index (χ0) is 12.6. The highest BCUT2D eigenvalue weighted by Gasteiger charge is 2.43. The topological polar surface area (TPSA) is 92.4 Å². The van der Waals surface area contributed by atoms with Gasteiger partial charge in [-0.25, -0.2) is 4.79 Å². The first-order valence-electron chi connectivity index (χ1n) is 5.49. The maximum atomic E-state index is 11.8. The van der Waals surface area contributed by atoms with Crippen LogP contribution in [-0.2, 0) is 9.59 Å². The summed E-state index contributed by atoms with van der Waals surface area (Å²) >= 11 is 0. The zero-order valence-corrected chi connectivity index (χ0v) is 10.0. The summed E-state index contributed by atoms with van der Waals surface area (Å²) in [5.41, 5.74) is 4.46. The number of nitrogens with one attached hydrogen (secondary N) is 1. The fraction of sp³-hybridized carbons (Fsp3) is 0.818. The first-order chi connectivity index (χ1) is 7.17. The van der Waals surface area contributed by atoms with Gasteiger partial charge in [0.15, 0.2) is 0 Å². The van der Waals surface area contributed by atoms with Crippen molar-refractivity contribution in [1.29, 1.82) is 0 Å². The average molecular weight is 228 g/mol. The van der Waals surface area contributed by atoms with Crippen molar-refractivity contribution in [3.8, 4) is 0 Å². The van der Waals surface area contributed by atoms with Crippen LogP contribution in [0, 0.1) is 5.41 Å². The van der Waals surface area contributed by atoms with Crippen LogP contribution in [-0.4, -0.2) is 28.6 Å². The third-order valence-corrected chi connectivity index (χ3v) is 3.09. The van der Waals surface area contributed by atoms with Crippen LogP contribution in [0.4, 0.5) is 0 Å². The first-order valence-corrected chi connectivity index (χ1v) is 5.49. The first kappa shape index (κ1) is 13.0. The van der Waals surface area contributed by atoms with Crippen LogP contribution in [0.2, 0.25) is 0 Å². The number of rotatable bonds is 3. The van der Waals surface area contributed by atoms with Gasteiger partial charge >= 0.3 is 5.97 Å². The Hall–Kier alpha value is -1.10. The van der Waals surface area contributed by atoms with E-state index in [1.54, 1.807) is 20.8 Å². The van der Waals surface area contributed by atoms with Crippen LogP contribution in [0.25, 0.3) is 0 Å². The van der Waals surface area contributed by atoms with Crippen molar-refractivity contribution in [3.63, 3.8) is 0 Å². The van der Waals surface area contributed by atoms with Crippen molar-refractivity contribution in [1.82, 2.24) is 5.32 Å². The highest BCUT2D eigenvalue weighted by atomic mass is 16.4. The maximum absolute atomic E-state index is 11.8. The van der Waals surface area contributed by atoms with Gasteiger partial charge in [0.1, 0.15) is 6.04 Å². The second-order valence-corrected chi connectivity index (χ2v) is 5.62. The lowest BCUT2D eigenvalue weighted by atomic mass is 9.76. The Morgan fingerprint density at radius 2 is 1.88 bits per heavy atom. The van der Waals surface area contributed by atoms with E-state index in [1.807, 2.05) is 0 Å². The lowest BCUT2D eigenvalue weighted by Gasteiger charge is -2.38. The quantitative estimate of drug-likeness (QED) is 0.655. The number of hydrogen-bond acceptors (Lipinski definition) is 3. The number of aliphatic carboxylic acids is 1. The molecule has 1 amide bonds. The number of carboxylic acids is 1. The highest BCUT2D eigenvalue weighted by molar-refractivity contribution is 5.90. The largest absolute Gasteiger partial charge is 0.480 e. The molecule has 1 aliphatic carbocycles. The fourth-order valence-corrected chi connectivity index (χ4v) is 1.71. The molecule has 0 saturated heterocycles. The summed E-state index contributed by atoms with van der Waals surface area (Å²) in [5, 5.41) is 11.6. The summed E-state index contributed by atoms with van der Waals surface area (Å²) in [7, 11) is 0. The molecule has 5 nitrogen and oxygen atoms in total. The predicted octanol–water partition coefficient (Wildman–Crippen LogP) is 0.483. The number of hydrogen-bond donors (Lipinski definition) is 3. The lowest BCUT2D eigenvalue weighted by molar-refractivity contribution is -0.146. The van der Waals surface area contributed by atoms with Gasteiger partial charge in [0.2, 0.25) is 5.91 Å². The Morgan fingerprint density at radius 3 is 2.12 bits per heavy atom. The van der Waals surface area contributed by atoms with Gasteiger partial charge in [-0.05, 0) is 24.7 Å². The molecule has 0 bridgehead atoms. The molecule has 1 rings (SSSR count). The third-order valence-electron chi connectivity index (χ3n) is 3.09. The molecule has 0 aliphatic heterocycles. The minimum atomic E-state index is -1.02. The average Bonchev–Trinajstić information content (AvgIpc) is 2.07. The molecule has 0 aromatic rings. The second-order valence-electron chi connectivity index (χ2n) is 5.62. The van der Waals surface area contributed by atoms with E-state index in [4.69, 9.17) is 10.8 Å². The van der Waals surface area contributed by atoms with Crippen molar-refractivity contribution >= 4 is 11.9 Å². The molecule has 1 fully saturated rings. The van der Waals surface area contributed by atoms with Crippen LogP contribution in [0.5, 0.6) is 0 Å². The van der Waals surface area contributed by atoms with Gasteiger partial charge in [-0.1, -0.05) is 20.8 Å². The van der Waals surface area contributed by atoms with Gasteiger partial charge in [0, 0.05) is 0 Å². The number of carbonyl (C=O) groups is 2. The normalized spacial score (nSPS) is 20.8. The molecular formula is C11H20N2O3. The molecule has 1 saturated carbocycles. The van der Waals surface area contributed by atoms with E-state index in [1.165, 1.54) is 0 Å². The summed E-state index contributed by atoms with van der Waals surface area (Å²) < 4.78 is 0. The van der Waals surface area contributed by atoms with Crippen LogP contribution < -0.4 is 11.1 Å². The molecule has 1 unspecified atom stereocenters. The molecule has 0 radical (unpaired) electrons. The molecule has 1 aliphatic rings. The smallest absolute Gasteiger partial charge is 0.326 e. The van der Waals surface area contributed by atoms with Crippen LogP contribution in [0.3, 0.4) is 0 Å². The van der Waals surface area contributed by atoms with Crippen LogP contribution in [0.1, 0.15) is 40.0 Å². The van der Waals surface area contributed by atoms with Crippen LogP contribution in [0.15, 0.2) is 0 Å². The molecule has 1 atom stereocenters. The van der Waals surface area contributed by atoms with Crippen LogP contribution >= 0.6 is 0 Å². The molecule has 92 valence electrons. The third kappa shape index (κ3) is 2.52. The summed E-state index contributed by atoms with van der Waals surface area (Å²) in [6.45, 7) is 5.32. The fourth-order valence-electron chi connectivity index (χ4n) is 1.71. The molecule has 5 heteroatoms. The van der Waals surface area contributed by atoms with Gasteiger partial charge in [0.05, 0.1) is 5.54 Å². The van der Waals surface area contributed by atoms with Gasteiger partial charge < -0.3 is 16.2 Å². The van der Waals surface area contributed by atoms with Gasteiger partial charge in [-0.15, -0.1) is 0 Å². The van der Waals surface area contributed by atoms with E-state index in [2.05, 4.69) is 5.32 Å². The summed E-state index contributed by atoms with van der Waals surface area (Å²) in [6.07, 6.45) is 2.20. The summed E-state index contributed by atoms with van der Waals surface area (Å²) in [6, 6.07) is -0.902. The van der Waals surface area contributed by atoms with Gasteiger partial charge in [-0.2, -0.15) is 0 Å².